The average molecular weight is 335 g/mol. The molecule has 0 aromatic heterocycles. The smallest absolute Gasteiger partial charge is 0.303 e. The second kappa shape index (κ2) is 8.57. The molecule has 0 saturated carbocycles. The van der Waals surface area contributed by atoms with Gasteiger partial charge in [0.2, 0.25) is 0 Å². The standard InChI is InChI=1S/C18H25NO5/c1-3-10-24-16-12-14(23-2)4-5-15(16)18(22)19-8-6-13(7-9-19)11-17(20)21/h4-5,12-13H,3,6-11H2,1-2H3,(H,20,21). The van der Waals surface area contributed by atoms with Crippen LogP contribution in [-0.4, -0.2) is 48.7 Å². The first-order valence-corrected chi connectivity index (χ1v) is 8.37. The molecule has 1 saturated heterocycles. The molecule has 1 amide bonds. The maximum absolute atomic E-state index is 12.8. The lowest BCUT2D eigenvalue weighted by molar-refractivity contribution is -0.138. The minimum Gasteiger partial charge on any atom is -0.497 e. The van der Waals surface area contributed by atoms with Crippen LogP contribution in [0.15, 0.2) is 18.2 Å². The molecule has 0 aliphatic carbocycles. The highest BCUT2D eigenvalue weighted by Crippen LogP contribution is 2.28. The second-order valence-corrected chi connectivity index (χ2v) is 6.04. The van der Waals surface area contributed by atoms with Crippen molar-refractivity contribution >= 4 is 11.9 Å². The molecule has 6 nitrogen and oxygen atoms in total. The van der Waals surface area contributed by atoms with E-state index < -0.39 is 5.97 Å². The molecule has 0 atom stereocenters. The number of piperidine rings is 1. The Morgan fingerprint density at radius 3 is 2.58 bits per heavy atom. The summed E-state index contributed by atoms with van der Waals surface area (Å²) in [4.78, 5) is 25.4. The van der Waals surface area contributed by atoms with Crippen molar-refractivity contribution in [1.29, 1.82) is 0 Å². The number of rotatable bonds is 7. The van der Waals surface area contributed by atoms with Crippen molar-refractivity contribution in [2.45, 2.75) is 32.6 Å². The molecular formula is C18H25NO5. The lowest BCUT2D eigenvalue weighted by atomic mass is 9.93. The maximum Gasteiger partial charge on any atom is 0.303 e. The molecule has 6 heteroatoms. The Bertz CT molecular complexity index is 579. The van der Waals surface area contributed by atoms with Crippen LogP contribution in [0.25, 0.3) is 0 Å². The number of carbonyl (C=O) groups is 2. The van der Waals surface area contributed by atoms with Crippen LogP contribution in [-0.2, 0) is 4.79 Å². The van der Waals surface area contributed by atoms with E-state index in [1.807, 2.05) is 6.92 Å². The molecule has 0 unspecified atom stereocenters. The number of amides is 1. The summed E-state index contributed by atoms with van der Waals surface area (Å²) < 4.78 is 10.9. The molecular weight excluding hydrogens is 310 g/mol. The third-order valence-corrected chi connectivity index (χ3v) is 4.25. The molecule has 1 heterocycles. The SMILES string of the molecule is CCCOc1cc(OC)ccc1C(=O)N1CCC(CC(=O)O)CC1. The van der Waals surface area contributed by atoms with Crippen molar-refractivity contribution in [2.75, 3.05) is 26.8 Å². The highest BCUT2D eigenvalue weighted by atomic mass is 16.5. The van der Waals surface area contributed by atoms with Gasteiger partial charge in [0.15, 0.2) is 0 Å². The Labute approximate surface area is 142 Å². The van der Waals surface area contributed by atoms with E-state index in [-0.39, 0.29) is 18.2 Å². The van der Waals surface area contributed by atoms with Crippen LogP contribution >= 0.6 is 0 Å². The first kappa shape index (κ1) is 18.1. The van der Waals surface area contributed by atoms with Crippen LogP contribution in [0.2, 0.25) is 0 Å². The molecule has 1 N–H and O–H groups in total. The number of benzene rings is 1. The van der Waals surface area contributed by atoms with Gasteiger partial charge in [-0.15, -0.1) is 0 Å². The van der Waals surface area contributed by atoms with E-state index >= 15 is 0 Å². The number of hydrogen-bond acceptors (Lipinski definition) is 4. The Morgan fingerprint density at radius 1 is 1.29 bits per heavy atom. The quantitative estimate of drug-likeness (QED) is 0.829. The monoisotopic (exact) mass is 335 g/mol. The van der Waals surface area contributed by atoms with E-state index in [4.69, 9.17) is 14.6 Å². The average Bonchev–Trinajstić information content (AvgIpc) is 2.59. The van der Waals surface area contributed by atoms with Gasteiger partial charge in [0.25, 0.3) is 5.91 Å². The fraction of sp³-hybridized carbons (Fsp3) is 0.556. The van der Waals surface area contributed by atoms with Gasteiger partial charge in [-0.2, -0.15) is 0 Å². The molecule has 1 aromatic rings. The summed E-state index contributed by atoms with van der Waals surface area (Å²) in [7, 11) is 1.58. The first-order valence-electron chi connectivity index (χ1n) is 8.37. The second-order valence-electron chi connectivity index (χ2n) is 6.04. The van der Waals surface area contributed by atoms with Crippen LogP contribution in [0.3, 0.4) is 0 Å². The summed E-state index contributed by atoms with van der Waals surface area (Å²) in [5, 5.41) is 8.88. The molecule has 0 bridgehead atoms. The van der Waals surface area contributed by atoms with Gasteiger partial charge in [0.1, 0.15) is 11.5 Å². The van der Waals surface area contributed by atoms with Crippen molar-refractivity contribution in [3.8, 4) is 11.5 Å². The summed E-state index contributed by atoms with van der Waals surface area (Å²) in [6.45, 7) is 3.70. The van der Waals surface area contributed by atoms with Gasteiger partial charge in [-0.25, -0.2) is 0 Å². The Balaban J connectivity index is 2.07. The normalized spacial score (nSPS) is 15.2. The topological polar surface area (TPSA) is 76.1 Å². The number of aliphatic carboxylic acids is 1. The van der Waals surface area contributed by atoms with Crippen molar-refractivity contribution in [2.24, 2.45) is 5.92 Å². The zero-order valence-electron chi connectivity index (χ0n) is 14.3. The van der Waals surface area contributed by atoms with Crippen molar-refractivity contribution in [3.63, 3.8) is 0 Å². The van der Waals surface area contributed by atoms with Crippen molar-refractivity contribution in [3.05, 3.63) is 23.8 Å². The fourth-order valence-corrected chi connectivity index (χ4v) is 2.90. The van der Waals surface area contributed by atoms with Gasteiger partial charge in [0, 0.05) is 25.6 Å². The molecule has 0 radical (unpaired) electrons. The number of likely N-dealkylation sites (tertiary alicyclic amines) is 1. The summed E-state index contributed by atoms with van der Waals surface area (Å²) >= 11 is 0. The van der Waals surface area contributed by atoms with E-state index in [0.29, 0.717) is 36.8 Å². The largest absolute Gasteiger partial charge is 0.497 e. The molecule has 2 rings (SSSR count). The Kier molecular flexibility index (Phi) is 6.46. The molecule has 1 fully saturated rings. The summed E-state index contributed by atoms with van der Waals surface area (Å²) in [5.74, 6) is 0.493. The number of carboxylic acid groups (broad SMARTS) is 1. The lowest BCUT2D eigenvalue weighted by Crippen LogP contribution is -2.39. The fourth-order valence-electron chi connectivity index (χ4n) is 2.90. The van der Waals surface area contributed by atoms with E-state index in [9.17, 15) is 9.59 Å². The summed E-state index contributed by atoms with van der Waals surface area (Å²) in [6, 6.07) is 5.22. The van der Waals surface area contributed by atoms with Gasteiger partial charge in [-0.3, -0.25) is 9.59 Å². The Hall–Kier alpha value is -2.24. The third kappa shape index (κ3) is 4.63. The van der Waals surface area contributed by atoms with Gasteiger partial charge in [0.05, 0.1) is 19.3 Å². The van der Waals surface area contributed by atoms with E-state index in [1.165, 1.54) is 0 Å². The van der Waals surface area contributed by atoms with Gasteiger partial charge < -0.3 is 19.5 Å². The molecule has 1 aromatic carbocycles. The lowest BCUT2D eigenvalue weighted by Gasteiger charge is -2.31. The number of carboxylic acids is 1. The van der Waals surface area contributed by atoms with Crippen LogP contribution in [0, 0.1) is 5.92 Å². The molecule has 0 spiro atoms. The summed E-state index contributed by atoms with van der Waals surface area (Å²) in [5.41, 5.74) is 0.529. The Morgan fingerprint density at radius 2 is 2.00 bits per heavy atom. The van der Waals surface area contributed by atoms with Crippen LogP contribution in [0.5, 0.6) is 11.5 Å². The van der Waals surface area contributed by atoms with Crippen LogP contribution in [0.1, 0.15) is 43.0 Å². The first-order chi connectivity index (χ1) is 11.5. The van der Waals surface area contributed by atoms with Crippen molar-refractivity contribution in [1.82, 2.24) is 4.90 Å². The predicted octanol–water partition coefficient (Wildman–Crippen LogP) is 2.81. The van der Waals surface area contributed by atoms with E-state index in [0.717, 1.165) is 19.3 Å². The number of ether oxygens (including phenoxy) is 2. The zero-order valence-corrected chi connectivity index (χ0v) is 14.3. The number of methoxy groups -OCH3 is 1. The zero-order chi connectivity index (χ0) is 17.5. The third-order valence-electron chi connectivity index (χ3n) is 4.25. The minimum atomic E-state index is -0.773. The molecule has 1 aliphatic heterocycles. The number of nitrogens with zero attached hydrogens (tertiary/aromatic N) is 1. The number of carbonyl (C=O) groups excluding carboxylic acids is 1. The van der Waals surface area contributed by atoms with E-state index in [1.54, 1.807) is 30.2 Å². The van der Waals surface area contributed by atoms with Gasteiger partial charge >= 0.3 is 5.97 Å². The molecule has 24 heavy (non-hydrogen) atoms. The number of hydrogen-bond donors (Lipinski definition) is 1. The summed E-state index contributed by atoms with van der Waals surface area (Å²) in [6.07, 6.45) is 2.47. The van der Waals surface area contributed by atoms with Crippen molar-refractivity contribution < 1.29 is 24.2 Å². The van der Waals surface area contributed by atoms with Crippen LogP contribution in [0.4, 0.5) is 0 Å². The maximum atomic E-state index is 12.8. The molecule has 1 aliphatic rings. The highest BCUT2D eigenvalue weighted by molar-refractivity contribution is 5.97. The minimum absolute atomic E-state index is 0.0717. The van der Waals surface area contributed by atoms with Crippen LogP contribution < -0.4 is 9.47 Å². The van der Waals surface area contributed by atoms with E-state index in [2.05, 4.69) is 0 Å². The van der Waals surface area contributed by atoms with Gasteiger partial charge in [-0.1, -0.05) is 6.92 Å². The molecule has 132 valence electrons. The highest BCUT2D eigenvalue weighted by Gasteiger charge is 2.26. The predicted molar refractivity (Wildman–Crippen MR) is 89.7 cm³/mol. The van der Waals surface area contributed by atoms with Gasteiger partial charge in [-0.05, 0) is 37.3 Å².